The van der Waals surface area contributed by atoms with Crippen molar-refractivity contribution in [3.8, 4) is 0 Å². The Hall–Kier alpha value is -2.33. The minimum atomic E-state index is -0.384. The van der Waals surface area contributed by atoms with Crippen LogP contribution in [-0.2, 0) is 9.59 Å². The average Bonchev–Trinajstić information content (AvgIpc) is 2.42. The number of hydrogen-bond donors (Lipinski definition) is 2. The summed E-state index contributed by atoms with van der Waals surface area (Å²) in [7, 11) is 0. The molecular weight excluding hydrogens is 300 g/mol. The highest BCUT2D eigenvalue weighted by Crippen LogP contribution is 2.20. The van der Waals surface area contributed by atoms with Crippen LogP contribution < -0.4 is 10.6 Å². The molecule has 0 heterocycles. The Balaban J connectivity index is 1.91. The number of aryl methyl sites for hydroxylation is 2. The van der Waals surface area contributed by atoms with Gasteiger partial charge in [-0.3, -0.25) is 9.59 Å². The zero-order valence-electron chi connectivity index (χ0n) is 12.4. The molecule has 2 amide bonds. The molecule has 2 N–H and O–H groups in total. The molecule has 2 aromatic carbocycles. The predicted octanol–water partition coefficient (Wildman–Crippen LogP) is 3.92. The van der Waals surface area contributed by atoms with Crippen molar-refractivity contribution in [1.29, 1.82) is 0 Å². The summed E-state index contributed by atoms with van der Waals surface area (Å²) in [6, 6.07) is 12.6. The molecule has 0 aliphatic heterocycles. The smallest absolute Gasteiger partial charge is 0.233 e. The van der Waals surface area contributed by atoms with Crippen LogP contribution in [0.2, 0.25) is 5.02 Å². The molecule has 0 bridgehead atoms. The lowest BCUT2D eigenvalue weighted by atomic mass is 10.2. The molecular formula is C17H17ClN2O2. The molecule has 2 aromatic rings. The molecule has 4 nitrogen and oxygen atoms in total. The van der Waals surface area contributed by atoms with Crippen LogP contribution in [0.4, 0.5) is 11.4 Å². The van der Waals surface area contributed by atoms with E-state index in [1.807, 2.05) is 38.1 Å². The molecule has 0 atom stereocenters. The zero-order chi connectivity index (χ0) is 16.1. The van der Waals surface area contributed by atoms with Gasteiger partial charge < -0.3 is 10.6 Å². The van der Waals surface area contributed by atoms with Crippen molar-refractivity contribution in [3.63, 3.8) is 0 Å². The molecule has 0 saturated heterocycles. The summed E-state index contributed by atoms with van der Waals surface area (Å²) in [6.07, 6.45) is -0.251. The van der Waals surface area contributed by atoms with Gasteiger partial charge in [-0.1, -0.05) is 29.8 Å². The van der Waals surface area contributed by atoms with E-state index >= 15 is 0 Å². The first kappa shape index (κ1) is 16.0. The first-order valence-corrected chi connectivity index (χ1v) is 7.24. The number of amides is 2. The molecule has 0 saturated carbocycles. The van der Waals surface area contributed by atoms with Gasteiger partial charge in [0.25, 0.3) is 0 Å². The summed E-state index contributed by atoms with van der Waals surface area (Å²) in [5.41, 5.74) is 3.22. The van der Waals surface area contributed by atoms with Crippen molar-refractivity contribution in [2.45, 2.75) is 20.3 Å². The second-order valence-electron chi connectivity index (χ2n) is 5.11. The third-order valence-corrected chi connectivity index (χ3v) is 3.49. The van der Waals surface area contributed by atoms with E-state index in [0.717, 1.165) is 11.1 Å². The number of hydrogen-bond acceptors (Lipinski definition) is 2. The van der Waals surface area contributed by atoms with Crippen LogP contribution in [0.1, 0.15) is 17.5 Å². The Morgan fingerprint density at radius 1 is 0.955 bits per heavy atom. The molecule has 0 fully saturated rings. The van der Waals surface area contributed by atoms with E-state index in [4.69, 9.17) is 11.6 Å². The Morgan fingerprint density at radius 2 is 1.59 bits per heavy atom. The fraction of sp³-hybridized carbons (Fsp3) is 0.176. The van der Waals surface area contributed by atoms with E-state index in [9.17, 15) is 9.59 Å². The maximum atomic E-state index is 11.9. The highest BCUT2D eigenvalue weighted by atomic mass is 35.5. The number of benzene rings is 2. The highest BCUT2D eigenvalue weighted by molar-refractivity contribution is 6.31. The molecule has 0 spiro atoms. The lowest BCUT2D eigenvalue weighted by Crippen LogP contribution is -2.21. The van der Waals surface area contributed by atoms with Crippen molar-refractivity contribution < 1.29 is 9.59 Å². The van der Waals surface area contributed by atoms with Crippen LogP contribution in [0.15, 0.2) is 42.5 Å². The monoisotopic (exact) mass is 316 g/mol. The van der Waals surface area contributed by atoms with Gasteiger partial charge in [0.05, 0.1) is 0 Å². The van der Waals surface area contributed by atoms with Gasteiger partial charge >= 0.3 is 0 Å². The van der Waals surface area contributed by atoms with Crippen LogP contribution in [0.3, 0.4) is 0 Å². The van der Waals surface area contributed by atoms with E-state index in [2.05, 4.69) is 10.6 Å². The summed E-state index contributed by atoms with van der Waals surface area (Å²) in [4.78, 5) is 23.7. The lowest BCUT2D eigenvalue weighted by molar-refractivity contribution is -0.123. The standard InChI is InChI=1S/C17H17ClN2O2/c1-11-4-3-5-13(8-11)19-16(21)10-17(22)20-14-7-6-12(2)15(18)9-14/h3-9H,10H2,1-2H3,(H,19,21)(H,20,22). The fourth-order valence-corrected chi connectivity index (χ4v) is 2.13. The molecule has 0 unspecified atom stereocenters. The molecule has 0 radical (unpaired) electrons. The van der Waals surface area contributed by atoms with E-state index in [1.54, 1.807) is 18.2 Å². The first-order valence-electron chi connectivity index (χ1n) is 6.86. The van der Waals surface area contributed by atoms with Crippen LogP contribution in [-0.4, -0.2) is 11.8 Å². The lowest BCUT2D eigenvalue weighted by Gasteiger charge is -2.08. The normalized spacial score (nSPS) is 10.1. The maximum Gasteiger partial charge on any atom is 0.233 e. The molecule has 0 aromatic heterocycles. The van der Waals surface area contributed by atoms with E-state index in [1.165, 1.54) is 0 Å². The van der Waals surface area contributed by atoms with Crippen molar-refractivity contribution in [3.05, 3.63) is 58.6 Å². The topological polar surface area (TPSA) is 58.2 Å². The summed E-state index contributed by atoms with van der Waals surface area (Å²) in [5, 5.41) is 5.92. The highest BCUT2D eigenvalue weighted by Gasteiger charge is 2.10. The van der Waals surface area contributed by atoms with Crippen LogP contribution in [0, 0.1) is 13.8 Å². The van der Waals surface area contributed by atoms with E-state index in [-0.39, 0.29) is 18.2 Å². The molecule has 114 valence electrons. The number of halogens is 1. The van der Waals surface area contributed by atoms with Gasteiger partial charge in [-0.15, -0.1) is 0 Å². The molecule has 0 aliphatic rings. The van der Waals surface area contributed by atoms with Crippen LogP contribution >= 0.6 is 11.6 Å². The molecule has 5 heteroatoms. The van der Waals surface area contributed by atoms with Gasteiger partial charge in [0.1, 0.15) is 6.42 Å². The summed E-state index contributed by atoms with van der Waals surface area (Å²) in [5.74, 6) is -0.744. The Labute approximate surface area is 134 Å². The van der Waals surface area contributed by atoms with Crippen molar-refractivity contribution in [2.75, 3.05) is 10.6 Å². The summed E-state index contributed by atoms with van der Waals surface area (Å²) in [6.45, 7) is 3.81. The van der Waals surface area contributed by atoms with Gasteiger partial charge in [0.15, 0.2) is 0 Å². The fourth-order valence-electron chi connectivity index (χ4n) is 1.95. The van der Waals surface area contributed by atoms with Gasteiger partial charge in [-0.2, -0.15) is 0 Å². The van der Waals surface area contributed by atoms with Gasteiger partial charge in [0.2, 0.25) is 11.8 Å². The Bertz CT molecular complexity index is 714. The molecule has 22 heavy (non-hydrogen) atoms. The van der Waals surface area contributed by atoms with Crippen molar-refractivity contribution >= 4 is 34.8 Å². The first-order chi connectivity index (χ1) is 10.4. The third kappa shape index (κ3) is 4.60. The average molecular weight is 317 g/mol. The number of carbonyl (C=O) groups excluding carboxylic acids is 2. The second-order valence-corrected chi connectivity index (χ2v) is 5.51. The number of rotatable bonds is 4. The minimum Gasteiger partial charge on any atom is -0.326 e. The maximum absolute atomic E-state index is 11.9. The molecule has 0 aliphatic carbocycles. The Morgan fingerprint density at radius 3 is 2.18 bits per heavy atom. The third-order valence-electron chi connectivity index (χ3n) is 3.08. The van der Waals surface area contributed by atoms with Crippen molar-refractivity contribution in [1.82, 2.24) is 0 Å². The zero-order valence-corrected chi connectivity index (χ0v) is 13.2. The van der Waals surface area contributed by atoms with Gasteiger partial charge in [-0.05, 0) is 49.2 Å². The summed E-state index contributed by atoms with van der Waals surface area (Å²) < 4.78 is 0. The van der Waals surface area contributed by atoms with Gasteiger partial charge in [0, 0.05) is 16.4 Å². The number of anilines is 2. The predicted molar refractivity (Wildman–Crippen MR) is 89.2 cm³/mol. The van der Waals surface area contributed by atoms with Crippen LogP contribution in [0.5, 0.6) is 0 Å². The Kier molecular flexibility index (Phi) is 5.17. The number of nitrogens with one attached hydrogen (secondary N) is 2. The minimum absolute atomic E-state index is 0.251. The number of carbonyl (C=O) groups is 2. The van der Waals surface area contributed by atoms with Gasteiger partial charge in [-0.25, -0.2) is 0 Å². The SMILES string of the molecule is Cc1cccc(NC(=O)CC(=O)Nc2ccc(C)c(Cl)c2)c1. The van der Waals surface area contributed by atoms with Crippen LogP contribution in [0.25, 0.3) is 0 Å². The molecule has 2 rings (SSSR count). The largest absolute Gasteiger partial charge is 0.326 e. The summed E-state index contributed by atoms with van der Waals surface area (Å²) >= 11 is 5.99. The quantitative estimate of drug-likeness (QED) is 0.840. The second kappa shape index (κ2) is 7.09. The van der Waals surface area contributed by atoms with Crippen molar-refractivity contribution in [2.24, 2.45) is 0 Å². The van der Waals surface area contributed by atoms with E-state index in [0.29, 0.717) is 16.4 Å². The van der Waals surface area contributed by atoms with E-state index < -0.39 is 0 Å².